The second-order valence-electron chi connectivity index (χ2n) is 4.04. The molecule has 0 unspecified atom stereocenters. The number of aromatic nitrogens is 1. The molecule has 0 saturated heterocycles. The standard InChI is InChI=1S/C12H12N4O4/c1-7-5-14-10(20-7)6-15-12(17)8-3-2-4-9(11(8)13)16(18)19/h2-5H,6,13H2,1H3,(H,15,17). The molecule has 1 amide bonds. The van der Waals surface area contributed by atoms with Crippen LogP contribution in [0.25, 0.3) is 0 Å². The number of benzene rings is 1. The van der Waals surface area contributed by atoms with Crippen LogP contribution in [-0.2, 0) is 6.54 Å². The first-order valence-corrected chi connectivity index (χ1v) is 5.71. The van der Waals surface area contributed by atoms with Gasteiger partial charge in [-0.1, -0.05) is 6.07 Å². The zero-order valence-electron chi connectivity index (χ0n) is 10.6. The Morgan fingerprint density at radius 1 is 1.55 bits per heavy atom. The topological polar surface area (TPSA) is 124 Å². The van der Waals surface area contributed by atoms with Crippen LogP contribution in [0.3, 0.4) is 0 Å². The predicted molar refractivity (Wildman–Crippen MR) is 69.9 cm³/mol. The van der Waals surface area contributed by atoms with E-state index in [1.54, 1.807) is 6.92 Å². The van der Waals surface area contributed by atoms with Crippen molar-refractivity contribution >= 4 is 17.3 Å². The van der Waals surface area contributed by atoms with Crippen molar-refractivity contribution in [2.24, 2.45) is 0 Å². The first kappa shape index (κ1) is 13.5. The minimum Gasteiger partial charge on any atom is -0.444 e. The van der Waals surface area contributed by atoms with E-state index in [1.165, 1.54) is 24.4 Å². The van der Waals surface area contributed by atoms with Crippen molar-refractivity contribution in [2.45, 2.75) is 13.5 Å². The predicted octanol–water partition coefficient (Wildman–Crippen LogP) is 1.40. The molecule has 0 atom stereocenters. The first-order chi connectivity index (χ1) is 9.49. The fourth-order valence-electron chi connectivity index (χ4n) is 1.64. The Balaban J connectivity index is 2.13. The van der Waals surface area contributed by atoms with Crippen molar-refractivity contribution in [2.75, 3.05) is 5.73 Å². The summed E-state index contributed by atoms with van der Waals surface area (Å²) in [5.74, 6) is 0.450. The highest BCUT2D eigenvalue weighted by molar-refractivity contribution is 6.00. The lowest BCUT2D eigenvalue weighted by Crippen LogP contribution is -2.24. The van der Waals surface area contributed by atoms with Gasteiger partial charge in [0.15, 0.2) is 0 Å². The number of para-hydroxylation sites is 1. The van der Waals surface area contributed by atoms with Gasteiger partial charge in [0.2, 0.25) is 5.89 Å². The van der Waals surface area contributed by atoms with Crippen molar-refractivity contribution in [1.29, 1.82) is 0 Å². The molecule has 20 heavy (non-hydrogen) atoms. The molecule has 3 N–H and O–H groups in total. The number of nitrogens with zero attached hydrogens (tertiary/aromatic N) is 2. The Morgan fingerprint density at radius 3 is 2.90 bits per heavy atom. The fraction of sp³-hybridized carbons (Fsp3) is 0.167. The number of hydrogen-bond acceptors (Lipinski definition) is 6. The SMILES string of the molecule is Cc1cnc(CNC(=O)c2cccc([N+](=O)[O-])c2N)o1. The highest BCUT2D eigenvalue weighted by Gasteiger charge is 2.19. The summed E-state index contributed by atoms with van der Waals surface area (Å²) in [7, 11) is 0. The smallest absolute Gasteiger partial charge is 0.292 e. The number of nitrogen functional groups attached to an aromatic ring is 1. The molecule has 2 aromatic rings. The molecular weight excluding hydrogens is 264 g/mol. The van der Waals surface area contributed by atoms with Crippen molar-refractivity contribution in [3.05, 3.63) is 51.7 Å². The molecule has 0 aliphatic rings. The zero-order valence-corrected chi connectivity index (χ0v) is 10.6. The summed E-state index contributed by atoms with van der Waals surface area (Å²) in [4.78, 5) is 26.0. The van der Waals surface area contributed by atoms with E-state index in [2.05, 4.69) is 10.3 Å². The van der Waals surface area contributed by atoms with Gasteiger partial charge in [-0.25, -0.2) is 4.98 Å². The van der Waals surface area contributed by atoms with E-state index in [4.69, 9.17) is 10.2 Å². The summed E-state index contributed by atoms with van der Waals surface area (Å²) in [6.45, 7) is 1.81. The number of aryl methyl sites for hydroxylation is 1. The van der Waals surface area contributed by atoms with Crippen molar-refractivity contribution in [3.63, 3.8) is 0 Å². The molecule has 2 rings (SSSR count). The Morgan fingerprint density at radius 2 is 2.30 bits per heavy atom. The normalized spacial score (nSPS) is 10.2. The molecule has 0 radical (unpaired) electrons. The maximum Gasteiger partial charge on any atom is 0.292 e. The summed E-state index contributed by atoms with van der Waals surface area (Å²) in [5, 5.41) is 13.3. The van der Waals surface area contributed by atoms with E-state index >= 15 is 0 Å². The molecule has 0 fully saturated rings. The van der Waals surface area contributed by atoms with Crippen molar-refractivity contribution in [1.82, 2.24) is 10.3 Å². The van der Waals surface area contributed by atoms with Gasteiger partial charge in [0.05, 0.1) is 23.2 Å². The second kappa shape index (κ2) is 5.39. The molecule has 8 heteroatoms. The lowest BCUT2D eigenvalue weighted by molar-refractivity contribution is -0.383. The number of nitrogens with two attached hydrogens (primary N) is 1. The van der Waals surface area contributed by atoms with Gasteiger partial charge in [-0.3, -0.25) is 14.9 Å². The maximum absolute atomic E-state index is 11.9. The molecule has 8 nitrogen and oxygen atoms in total. The fourth-order valence-corrected chi connectivity index (χ4v) is 1.64. The van der Waals surface area contributed by atoms with Crippen LogP contribution in [0.1, 0.15) is 22.0 Å². The maximum atomic E-state index is 11.9. The summed E-state index contributed by atoms with van der Waals surface area (Å²) in [6, 6.07) is 4.06. The van der Waals surface area contributed by atoms with Gasteiger partial charge in [-0.2, -0.15) is 0 Å². The second-order valence-corrected chi connectivity index (χ2v) is 4.04. The number of nitro groups is 1. The van der Waals surface area contributed by atoms with E-state index in [9.17, 15) is 14.9 Å². The molecule has 0 bridgehead atoms. The number of amides is 1. The first-order valence-electron chi connectivity index (χ1n) is 5.71. The average Bonchev–Trinajstić information content (AvgIpc) is 2.81. The van der Waals surface area contributed by atoms with Crippen LogP contribution in [0, 0.1) is 17.0 Å². The number of nitrogens with one attached hydrogen (secondary N) is 1. The van der Waals surface area contributed by atoms with Crippen LogP contribution in [0.2, 0.25) is 0 Å². The van der Waals surface area contributed by atoms with Crippen LogP contribution in [0.4, 0.5) is 11.4 Å². The Bertz CT molecular complexity index is 665. The van der Waals surface area contributed by atoms with Gasteiger partial charge in [0.1, 0.15) is 11.4 Å². The Kier molecular flexibility index (Phi) is 3.65. The van der Waals surface area contributed by atoms with Crippen LogP contribution in [0.5, 0.6) is 0 Å². The summed E-state index contributed by atoms with van der Waals surface area (Å²) >= 11 is 0. The van der Waals surface area contributed by atoms with E-state index in [1.807, 2.05) is 0 Å². The van der Waals surface area contributed by atoms with Crippen LogP contribution < -0.4 is 11.1 Å². The highest BCUT2D eigenvalue weighted by atomic mass is 16.6. The third kappa shape index (κ3) is 2.74. The number of carbonyl (C=O) groups is 1. The highest BCUT2D eigenvalue weighted by Crippen LogP contribution is 2.24. The van der Waals surface area contributed by atoms with Gasteiger partial charge >= 0.3 is 0 Å². The van der Waals surface area contributed by atoms with Gasteiger partial charge in [0, 0.05) is 6.07 Å². The molecule has 1 heterocycles. The third-order valence-corrected chi connectivity index (χ3v) is 2.59. The zero-order chi connectivity index (χ0) is 14.7. The number of nitro benzene ring substituents is 1. The minimum absolute atomic E-state index is 0.0440. The molecule has 0 saturated carbocycles. The lowest BCUT2D eigenvalue weighted by Gasteiger charge is -2.06. The van der Waals surface area contributed by atoms with Crippen LogP contribution >= 0.6 is 0 Å². The summed E-state index contributed by atoms with van der Waals surface area (Å²) in [5.41, 5.74) is 5.19. The largest absolute Gasteiger partial charge is 0.444 e. The summed E-state index contributed by atoms with van der Waals surface area (Å²) in [6.07, 6.45) is 1.53. The van der Waals surface area contributed by atoms with E-state index in [0.29, 0.717) is 11.7 Å². The minimum atomic E-state index is -0.635. The Labute approximate surface area is 113 Å². The monoisotopic (exact) mass is 276 g/mol. The molecular formula is C12H12N4O4. The van der Waals surface area contributed by atoms with Crippen LogP contribution in [0.15, 0.2) is 28.8 Å². The quantitative estimate of drug-likeness (QED) is 0.494. The molecule has 1 aromatic heterocycles. The molecule has 1 aromatic carbocycles. The Hall–Kier alpha value is -2.90. The van der Waals surface area contributed by atoms with E-state index < -0.39 is 10.8 Å². The average molecular weight is 276 g/mol. The van der Waals surface area contributed by atoms with Crippen LogP contribution in [-0.4, -0.2) is 15.8 Å². The number of anilines is 1. The number of hydrogen-bond donors (Lipinski definition) is 2. The molecule has 0 spiro atoms. The lowest BCUT2D eigenvalue weighted by atomic mass is 10.1. The molecule has 104 valence electrons. The molecule has 0 aliphatic heterocycles. The van der Waals surface area contributed by atoms with E-state index in [-0.39, 0.29) is 23.5 Å². The van der Waals surface area contributed by atoms with Gasteiger partial charge in [-0.05, 0) is 13.0 Å². The van der Waals surface area contributed by atoms with Crippen molar-refractivity contribution in [3.8, 4) is 0 Å². The van der Waals surface area contributed by atoms with E-state index in [0.717, 1.165) is 0 Å². The van der Waals surface area contributed by atoms with Gasteiger partial charge in [0.25, 0.3) is 11.6 Å². The number of rotatable bonds is 4. The number of carbonyl (C=O) groups excluding carboxylic acids is 1. The van der Waals surface area contributed by atoms with Gasteiger partial charge < -0.3 is 15.5 Å². The third-order valence-electron chi connectivity index (χ3n) is 2.59. The summed E-state index contributed by atoms with van der Waals surface area (Å²) < 4.78 is 5.20. The van der Waals surface area contributed by atoms with Gasteiger partial charge in [-0.15, -0.1) is 0 Å². The molecule has 0 aliphatic carbocycles. The van der Waals surface area contributed by atoms with Crippen molar-refractivity contribution < 1.29 is 14.1 Å². The number of oxazole rings is 1.